The Morgan fingerprint density at radius 1 is 1.22 bits per heavy atom. The number of nitro benzene ring substituents is 1. The third-order valence-corrected chi connectivity index (χ3v) is 3.73. The molecule has 1 N–H and O–H groups in total. The lowest BCUT2D eigenvalue weighted by molar-refractivity contribution is -0.384. The van der Waals surface area contributed by atoms with Crippen molar-refractivity contribution in [3.05, 3.63) is 58.1 Å². The molecule has 0 bridgehead atoms. The van der Waals surface area contributed by atoms with Crippen molar-refractivity contribution >= 4 is 22.9 Å². The number of aromatic amines is 1. The van der Waals surface area contributed by atoms with Gasteiger partial charge in [-0.05, 0) is 29.8 Å². The third kappa shape index (κ3) is 2.78. The maximum atomic E-state index is 11.0. The van der Waals surface area contributed by atoms with E-state index in [9.17, 15) is 14.9 Å². The number of fused-ring (bicyclic) bond motifs is 1. The highest BCUT2D eigenvalue weighted by molar-refractivity contribution is 5.88. The molecule has 0 aliphatic carbocycles. The maximum absolute atomic E-state index is 11.0. The molecular weight excluding hydrogens is 296 g/mol. The smallest absolute Gasteiger partial charge is 0.270 e. The highest BCUT2D eigenvalue weighted by Gasteiger charge is 2.14. The lowest BCUT2D eigenvalue weighted by Crippen LogP contribution is -1.95. The second-order valence-electron chi connectivity index (χ2n) is 5.11. The zero-order chi connectivity index (χ0) is 16.4. The number of H-pyrrole nitrogens is 1. The second-order valence-corrected chi connectivity index (χ2v) is 5.11. The van der Waals surface area contributed by atoms with E-state index < -0.39 is 4.92 Å². The van der Waals surface area contributed by atoms with Gasteiger partial charge in [-0.15, -0.1) is 0 Å². The average molecular weight is 310 g/mol. The Kier molecular flexibility index (Phi) is 3.80. The van der Waals surface area contributed by atoms with Crippen LogP contribution in [-0.2, 0) is 11.2 Å². The van der Waals surface area contributed by atoms with E-state index in [-0.39, 0.29) is 12.1 Å². The van der Waals surface area contributed by atoms with Crippen LogP contribution in [0.5, 0.6) is 5.75 Å². The number of hydrogen-bond donors (Lipinski definition) is 1. The van der Waals surface area contributed by atoms with Crippen LogP contribution in [0.4, 0.5) is 5.69 Å². The van der Waals surface area contributed by atoms with Crippen LogP contribution >= 0.6 is 0 Å². The Bertz CT molecular complexity index is 899. The Morgan fingerprint density at radius 2 is 2.04 bits per heavy atom. The number of nitrogens with zero attached hydrogens (tertiary/aromatic N) is 1. The van der Waals surface area contributed by atoms with Crippen molar-refractivity contribution in [3.63, 3.8) is 0 Å². The summed E-state index contributed by atoms with van der Waals surface area (Å²) in [5, 5.41) is 12.0. The number of carbonyl (C=O) groups excluding carboxylic acids is 1. The van der Waals surface area contributed by atoms with Gasteiger partial charge in [0.15, 0.2) is 0 Å². The van der Waals surface area contributed by atoms with Crippen molar-refractivity contribution in [3.8, 4) is 17.0 Å². The van der Waals surface area contributed by atoms with Gasteiger partial charge in [0.1, 0.15) is 12.0 Å². The summed E-state index contributed by atoms with van der Waals surface area (Å²) in [6, 6.07) is 12.0. The molecule has 0 amide bonds. The van der Waals surface area contributed by atoms with Crippen molar-refractivity contribution in [2.24, 2.45) is 0 Å². The fourth-order valence-electron chi connectivity index (χ4n) is 2.58. The highest BCUT2D eigenvalue weighted by atomic mass is 16.6. The molecule has 6 nitrogen and oxygen atoms in total. The first kappa shape index (κ1) is 14.8. The fourth-order valence-corrected chi connectivity index (χ4v) is 2.58. The summed E-state index contributed by atoms with van der Waals surface area (Å²) < 4.78 is 5.20. The standard InChI is InChI=1S/C17H14N2O4/c1-23-14-4-5-16-12(8-14)9-17(18-16)15-10-13(19(21)22)3-2-11(15)6-7-20/h2-5,7-10,18H,6H2,1H3. The van der Waals surface area contributed by atoms with Gasteiger partial charge in [-0.25, -0.2) is 0 Å². The summed E-state index contributed by atoms with van der Waals surface area (Å²) in [6.45, 7) is 0. The van der Waals surface area contributed by atoms with Gasteiger partial charge in [0.05, 0.1) is 12.0 Å². The number of hydrogen-bond acceptors (Lipinski definition) is 4. The molecule has 0 spiro atoms. The van der Waals surface area contributed by atoms with Crippen LogP contribution in [-0.4, -0.2) is 23.3 Å². The molecule has 3 rings (SSSR count). The van der Waals surface area contributed by atoms with Crippen LogP contribution in [0, 0.1) is 10.1 Å². The molecule has 0 saturated heterocycles. The lowest BCUT2D eigenvalue weighted by atomic mass is 10.0. The van der Waals surface area contributed by atoms with Crippen LogP contribution in [0.3, 0.4) is 0 Å². The number of ether oxygens (including phenoxy) is 1. The topological polar surface area (TPSA) is 85.2 Å². The molecule has 23 heavy (non-hydrogen) atoms. The quantitative estimate of drug-likeness (QED) is 0.444. The molecule has 116 valence electrons. The van der Waals surface area contributed by atoms with E-state index in [1.54, 1.807) is 13.2 Å². The van der Waals surface area contributed by atoms with Gasteiger partial charge in [0, 0.05) is 40.7 Å². The Hall–Kier alpha value is -3.15. The highest BCUT2D eigenvalue weighted by Crippen LogP contribution is 2.31. The predicted molar refractivity (Wildman–Crippen MR) is 86.7 cm³/mol. The molecule has 6 heteroatoms. The van der Waals surface area contributed by atoms with Gasteiger partial charge in [-0.3, -0.25) is 10.1 Å². The molecule has 0 saturated carbocycles. The van der Waals surface area contributed by atoms with Gasteiger partial charge in [0.2, 0.25) is 0 Å². The number of carbonyl (C=O) groups is 1. The first-order chi connectivity index (χ1) is 11.1. The van der Waals surface area contributed by atoms with E-state index >= 15 is 0 Å². The summed E-state index contributed by atoms with van der Waals surface area (Å²) in [7, 11) is 1.59. The van der Waals surface area contributed by atoms with Gasteiger partial charge in [-0.1, -0.05) is 6.07 Å². The molecule has 3 aromatic rings. The SMILES string of the molecule is COc1ccc2[nH]c(-c3cc([N+](=O)[O-])ccc3CC=O)cc2c1. The number of rotatable bonds is 5. The van der Waals surface area contributed by atoms with Crippen LogP contribution in [0.2, 0.25) is 0 Å². The number of nitro groups is 1. The summed E-state index contributed by atoms with van der Waals surface area (Å²) in [4.78, 5) is 24.7. The summed E-state index contributed by atoms with van der Waals surface area (Å²) >= 11 is 0. The van der Waals surface area contributed by atoms with Crippen molar-refractivity contribution in [2.75, 3.05) is 7.11 Å². The van der Waals surface area contributed by atoms with Crippen LogP contribution in [0.1, 0.15) is 5.56 Å². The Balaban J connectivity index is 2.17. The normalized spacial score (nSPS) is 10.7. The fraction of sp³-hybridized carbons (Fsp3) is 0.118. The molecule has 2 aromatic carbocycles. The summed E-state index contributed by atoms with van der Waals surface area (Å²) in [6.07, 6.45) is 0.988. The van der Waals surface area contributed by atoms with Crippen molar-refractivity contribution in [1.82, 2.24) is 4.98 Å². The van der Waals surface area contributed by atoms with E-state index in [4.69, 9.17) is 4.74 Å². The summed E-state index contributed by atoms with van der Waals surface area (Å²) in [5.74, 6) is 0.732. The van der Waals surface area contributed by atoms with E-state index in [1.807, 2.05) is 24.3 Å². The largest absolute Gasteiger partial charge is 0.497 e. The number of benzene rings is 2. The predicted octanol–water partition coefficient (Wildman–Crippen LogP) is 3.49. The zero-order valence-electron chi connectivity index (χ0n) is 12.4. The minimum absolute atomic E-state index is 0.00844. The average Bonchev–Trinajstić information content (AvgIpc) is 2.98. The van der Waals surface area contributed by atoms with Gasteiger partial charge >= 0.3 is 0 Å². The molecule has 0 aliphatic rings. The molecule has 0 atom stereocenters. The van der Waals surface area contributed by atoms with Gasteiger partial charge < -0.3 is 14.5 Å². The monoisotopic (exact) mass is 310 g/mol. The first-order valence-corrected chi connectivity index (χ1v) is 7.00. The molecule has 0 unspecified atom stereocenters. The van der Waals surface area contributed by atoms with E-state index in [2.05, 4.69) is 4.98 Å². The zero-order valence-corrected chi connectivity index (χ0v) is 12.4. The molecule has 1 heterocycles. The van der Waals surface area contributed by atoms with Crippen LogP contribution in [0.25, 0.3) is 22.2 Å². The third-order valence-electron chi connectivity index (χ3n) is 3.73. The van der Waals surface area contributed by atoms with Gasteiger partial charge in [0.25, 0.3) is 5.69 Å². The number of aromatic nitrogens is 1. The van der Waals surface area contributed by atoms with Crippen LogP contribution < -0.4 is 4.74 Å². The molecule has 1 aromatic heterocycles. The minimum atomic E-state index is -0.445. The molecular formula is C17H14N2O4. The van der Waals surface area contributed by atoms with Crippen molar-refractivity contribution in [1.29, 1.82) is 0 Å². The Morgan fingerprint density at radius 3 is 2.74 bits per heavy atom. The molecule has 0 aliphatic heterocycles. The van der Waals surface area contributed by atoms with Crippen LogP contribution in [0.15, 0.2) is 42.5 Å². The Labute approximate surface area is 131 Å². The van der Waals surface area contributed by atoms with E-state index in [0.29, 0.717) is 5.56 Å². The van der Waals surface area contributed by atoms with Crippen molar-refractivity contribution in [2.45, 2.75) is 6.42 Å². The molecule has 0 radical (unpaired) electrons. The number of nitrogens with one attached hydrogen (secondary N) is 1. The van der Waals surface area contributed by atoms with E-state index in [0.717, 1.165) is 34.2 Å². The lowest BCUT2D eigenvalue weighted by Gasteiger charge is -2.05. The number of non-ortho nitro benzene ring substituents is 1. The number of methoxy groups -OCH3 is 1. The molecule has 0 fully saturated rings. The summed E-state index contributed by atoms with van der Waals surface area (Å²) in [5.41, 5.74) is 3.01. The number of aldehydes is 1. The maximum Gasteiger partial charge on any atom is 0.270 e. The van der Waals surface area contributed by atoms with Crippen molar-refractivity contribution < 1.29 is 14.5 Å². The van der Waals surface area contributed by atoms with Gasteiger partial charge in [-0.2, -0.15) is 0 Å². The minimum Gasteiger partial charge on any atom is -0.497 e. The van der Waals surface area contributed by atoms with E-state index in [1.165, 1.54) is 12.1 Å². The first-order valence-electron chi connectivity index (χ1n) is 7.00. The second kappa shape index (κ2) is 5.92.